The molecule has 1 amide bonds. The van der Waals surface area contributed by atoms with E-state index < -0.39 is 40.7 Å². The molecule has 0 aliphatic rings. The van der Waals surface area contributed by atoms with Crippen LogP contribution in [0.2, 0.25) is 0 Å². The largest absolute Gasteiger partial charge is 0.416 e. The maximum Gasteiger partial charge on any atom is 0.416 e. The van der Waals surface area contributed by atoms with Crippen molar-refractivity contribution in [2.75, 3.05) is 5.32 Å². The fourth-order valence-corrected chi connectivity index (χ4v) is 1.67. The maximum atomic E-state index is 13.4. The summed E-state index contributed by atoms with van der Waals surface area (Å²) >= 11 is 0. The molecule has 0 unspecified atom stereocenters. The van der Waals surface area contributed by atoms with Gasteiger partial charge in [-0.15, -0.1) is 0 Å². The minimum Gasteiger partial charge on any atom is -0.322 e. The summed E-state index contributed by atoms with van der Waals surface area (Å²) in [7, 11) is 0. The fourth-order valence-electron chi connectivity index (χ4n) is 1.67. The molecule has 0 aliphatic carbocycles. The number of alkyl halides is 3. The molecule has 0 aliphatic heterocycles. The molecule has 1 N–H and O–H groups in total. The second-order valence-electron chi connectivity index (χ2n) is 4.26. The number of amides is 1. The summed E-state index contributed by atoms with van der Waals surface area (Å²) < 4.78 is 76.8. The second kappa shape index (κ2) is 5.70. The lowest BCUT2D eigenvalue weighted by molar-refractivity contribution is -0.137. The van der Waals surface area contributed by atoms with E-state index in [1.807, 2.05) is 5.32 Å². The van der Waals surface area contributed by atoms with E-state index in [0.717, 1.165) is 18.2 Å². The molecule has 116 valence electrons. The average Bonchev–Trinajstić information content (AvgIpc) is 2.44. The zero-order valence-electron chi connectivity index (χ0n) is 10.6. The first-order valence-electron chi connectivity index (χ1n) is 5.82. The van der Waals surface area contributed by atoms with E-state index >= 15 is 0 Å². The van der Waals surface area contributed by atoms with E-state index in [0.29, 0.717) is 18.2 Å². The Balaban J connectivity index is 2.28. The van der Waals surface area contributed by atoms with Crippen molar-refractivity contribution in [3.63, 3.8) is 0 Å². The predicted molar refractivity (Wildman–Crippen MR) is 65.7 cm³/mol. The van der Waals surface area contributed by atoms with Gasteiger partial charge >= 0.3 is 6.18 Å². The number of carbonyl (C=O) groups excluding carboxylic acids is 1. The highest BCUT2D eigenvalue weighted by molar-refractivity contribution is 6.04. The van der Waals surface area contributed by atoms with Crippen LogP contribution in [0.5, 0.6) is 0 Å². The van der Waals surface area contributed by atoms with Gasteiger partial charge in [0.1, 0.15) is 0 Å². The number of hydrogen-bond donors (Lipinski definition) is 1. The van der Waals surface area contributed by atoms with Crippen molar-refractivity contribution in [2.24, 2.45) is 0 Å². The first-order chi connectivity index (χ1) is 10.2. The van der Waals surface area contributed by atoms with Crippen LogP contribution in [0, 0.1) is 17.5 Å². The highest BCUT2D eigenvalue weighted by Crippen LogP contribution is 2.30. The van der Waals surface area contributed by atoms with Crippen molar-refractivity contribution < 1.29 is 31.1 Å². The number of anilines is 1. The van der Waals surface area contributed by atoms with Gasteiger partial charge in [0.2, 0.25) is 0 Å². The number of rotatable bonds is 2. The summed E-state index contributed by atoms with van der Waals surface area (Å²) in [5, 5.41) is 1.99. The Bertz CT molecular complexity index is 726. The third kappa shape index (κ3) is 3.21. The van der Waals surface area contributed by atoms with Gasteiger partial charge in [0, 0.05) is 5.69 Å². The van der Waals surface area contributed by atoms with Crippen LogP contribution in [-0.4, -0.2) is 5.91 Å². The standard InChI is InChI=1S/C14H7F6NO/c15-10-5-4-9(11(16)12(10)17)13(22)21-8-3-1-2-7(6-8)14(18,19)20/h1-6H,(H,21,22). The lowest BCUT2D eigenvalue weighted by atomic mass is 10.1. The van der Waals surface area contributed by atoms with Crippen molar-refractivity contribution in [3.8, 4) is 0 Å². The molecule has 2 rings (SSSR count). The first kappa shape index (κ1) is 15.9. The Morgan fingerprint density at radius 3 is 2.27 bits per heavy atom. The molecular formula is C14H7F6NO. The Hall–Kier alpha value is -2.51. The highest BCUT2D eigenvalue weighted by atomic mass is 19.4. The van der Waals surface area contributed by atoms with E-state index in [4.69, 9.17) is 0 Å². The van der Waals surface area contributed by atoms with Gasteiger partial charge in [0.05, 0.1) is 11.1 Å². The molecule has 2 aromatic carbocycles. The van der Waals surface area contributed by atoms with Gasteiger partial charge in [-0.2, -0.15) is 13.2 Å². The number of benzene rings is 2. The quantitative estimate of drug-likeness (QED) is 0.646. The molecule has 0 saturated heterocycles. The Kier molecular flexibility index (Phi) is 4.11. The molecule has 8 heteroatoms. The van der Waals surface area contributed by atoms with Crippen molar-refractivity contribution in [2.45, 2.75) is 6.18 Å². The summed E-state index contributed by atoms with van der Waals surface area (Å²) in [5.41, 5.74) is -2.10. The van der Waals surface area contributed by atoms with Crippen LogP contribution in [0.3, 0.4) is 0 Å². The molecule has 0 saturated carbocycles. The van der Waals surface area contributed by atoms with E-state index in [-0.39, 0.29) is 5.69 Å². The van der Waals surface area contributed by atoms with Crippen molar-refractivity contribution in [1.29, 1.82) is 0 Å². The van der Waals surface area contributed by atoms with Crippen LogP contribution in [0.25, 0.3) is 0 Å². The Morgan fingerprint density at radius 2 is 1.64 bits per heavy atom. The molecule has 2 nitrogen and oxygen atoms in total. The Morgan fingerprint density at radius 1 is 0.955 bits per heavy atom. The number of carbonyl (C=O) groups is 1. The normalized spacial score (nSPS) is 11.4. The van der Waals surface area contributed by atoms with E-state index in [1.54, 1.807) is 0 Å². The van der Waals surface area contributed by atoms with Gasteiger partial charge in [-0.3, -0.25) is 4.79 Å². The minimum absolute atomic E-state index is 0.260. The van der Waals surface area contributed by atoms with Crippen LogP contribution in [0.1, 0.15) is 15.9 Å². The molecule has 0 fully saturated rings. The molecule has 0 heterocycles. The summed E-state index contributed by atoms with van der Waals surface area (Å²) in [5.74, 6) is -6.23. The second-order valence-corrected chi connectivity index (χ2v) is 4.26. The van der Waals surface area contributed by atoms with Crippen LogP contribution in [-0.2, 0) is 6.18 Å². The minimum atomic E-state index is -4.62. The van der Waals surface area contributed by atoms with Crippen molar-refractivity contribution in [3.05, 3.63) is 65.0 Å². The number of nitrogens with one attached hydrogen (secondary N) is 1. The van der Waals surface area contributed by atoms with Crippen LogP contribution in [0.4, 0.5) is 32.0 Å². The molecular weight excluding hydrogens is 312 g/mol. The zero-order valence-corrected chi connectivity index (χ0v) is 10.6. The molecule has 0 bridgehead atoms. The van der Waals surface area contributed by atoms with Crippen LogP contribution < -0.4 is 5.32 Å². The number of hydrogen-bond acceptors (Lipinski definition) is 1. The monoisotopic (exact) mass is 319 g/mol. The maximum absolute atomic E-state index is 13.4. The number of halogens is 6. The average molecular weight is 319 g/mol. The Labute approximate surface area is 120 Å². The molecule has 0 radical (unpaired) electrons. The third-order valence-corrected chi connectivity index (χ3v) is 2.73. The SMILES string of the molecule is O=C(Nc1cccc(C(F)(F)F)c1)c1ccc(F)c(F)c1F. The highest BCUT2D eigenvalue weighted by Gasteiger charge is 2.30. The first-order valence-corrected chi connectivity index (χ1v) is 5.82. The van der Waals surface area contributed by atoms with Gasteiger partial charge in [-0.1, -0.05) is 6.07 Å². The third-order valence-electron chi connectivity index (χ3n) is 2.73. The van der Waals surface area contributed by atoms with Gasteiger partial charge in [0.15, 0.2) is 17.5 Å². The van der Waals surface area contributed by atoms with Crippen molar-refractivity contribution in [1.82, 2.24) is 0 Å². The summed E-state index contributed by atoms with van der Waals surface area (Å²) in [4.78, 5) is 11.7. The lowest BCUT2D eigenvalue weighted by Gasteiger charge is -2.10. The van der Waals surface area contributed by atoms with Crippen LogP contribution in [0.15, 0.2) is 36.4 Å². The fraction of sp³-hybridized carbons (Fsp3) is 0.0714. The molecule has 0 atom stereocenters. The van der Waals surface area contributed by atoms with Gasteiger partial charge in [-0.05, 0) is 30.3 Å². The van der Waals surface area contributed by atoms with Gasteiger partial charge in [-0.25, -0.2) is 13.2 Å². The van der Waals surface area contributed by atoms with Crippen LogP contribution >= 0.6 is 0 Å². The van der Waals surface area contributed by atoms with E-state index in [2.05, 4.69) is 0 Å². The van der Waals surface area contributed by atoms with Crippen molar-refractivity contribution >= 4 is 11.6 Å². The predicted octanol–water partition coefficient (Wildman–Crippen LogP) is 4.38. The zero-order chi connectivity index (χ0) is 16.5. The van der Waals surface area contributed by atoms with Gasteiger partial charge in [0.25, 0.3) is 5.91 Å². The summed E-state index contributed by atoms with van der Waals surface area (Å²) in [6, 6.07) is 4.84. The molecule has 0 spiro atoms. The summed E-state index contributed by atoms with van der Waals surface area (Å²) in [6.45, 7) is 0. The molecule has 22 heavy (non-hydrogen) atoms. The smallest absolute Gasteiger partial charge is 0.322 e. The molecule has 2 aromatic rings. The lowest BCUT2D eigenvalue weighted by Crippen LogP contribution is -2.16. The van der Waals surface area contributed by atoms with E-state index in [9.17, 15) is 31.1 Å². The van der Waals surface area contributed by atoms with E-state index in [1.165, 1.54) is 0 Å². The molecule has 0 aromatic heterocycles. The van der Waals surface area contributed by atoms with Gasteiger partial charge < -0.3 is 5.32 Å². The summed E-state index contributed by atoms with van der Waals surface area (Å²) in [6.07, 6.45) is -4.62. The topological polar surface area (TPSA) is 29.1 Å².